The van der Waals surface area contributed by atoms with Crippen molar-refractivity contribution in [2.45, 2.75) is 31.2 Å². The van der Waals surface area contributed by atoms with Gasteiger partial charge in [0.1, 0.15) is 6.04 Å². The Labute approximate surface area is 176 Å². The fraction of sp³-hybridized carbons (Fsp3) is 0.333. The fourth-order valence-electron chi connectivity index (χ4n) is 2.72. The molecule has 156 valence electrons. The molecule has 2 rings (SSSR count). The third-order valence-corrected chi connectivity index (χ3v) is 6.19. The van der Waals surface area contributed by atoms with E-state index in [1.807, 2.05) is 13.8 Å². The molecule has 2 N–H and O–H groups in total. The van der Waals surface area contributed by atoms with Crippen molar-refractivity contribution in [2.24, 2.45) is 5.92 Å². The minimum absolute atomic E-state index is 0.0402. The monoisotopic (exact) mass is 436 g/mol. The van der Waals surface area contributed by atoms with Gasteiger partial charge in [0.15, 0.2) is 9.84 Å². The summed E-state index contributed by atoms with van der Waals surface area (Å²) in [6.45, 7) is 3.84. The third kappa shape index (κ3) is 7.18. The number of benzene rings is 2. The van der Waals surface area contributed by atoms with Gasteiger partial charge in [-0.25, -0.2) is 8.42 Å². The first-order valence-electron chi connectivity index (χ1n) is 9.31. The highest BCUT2D eigenvalue weighted by molar-refractivity contribution is 7.91. The average molecular weight is 437 g/mol. The number of carbonyl (C=O) groups is 2. The molecule has 0 saturated carbocycles. The topological polar surface area (TPSA) is 92.3 Å². The molecule has 29 heavy (non-hydrogen) atoms. The summed E-state index contributed by atoms with van der Waals surface area (Å²) in [5.41, 5.74) is 0.391. The molecule has 0 bridgehead atoms. The Morgan fingerprint density at radius 2 is 1.62 bits per heavy atom. The van der Waals surface area contributed by atoms with Crippen LogP contribution in [0.4, 0.5) is 0 Å². The molecule has 1 atom stereocenters. The molecule has 0 aromatic heterocycles. The quantitative estimate of drug-likeness (QED) is 0.631. The van der Waals surface area contributed by atoms with Crippen molar-refractivity contribution in [1.82, 2.24) is 10.6 Å². The first kappa shape index (κ1) is 22.9. The first-order valence-corrected chi connectivity index (χ1v) is 11.3. The van der Waals surface area contributed by atoms with E-state index in [4.69, 9.17) is 11.6 Å². The Hall–Kier alpha value is -2.38. The van der Waals surface area contributed by atoms with E-state index in [1.54, 1.807) is 42.5 Å². The van der Waals surface area contributed by atoms with E-state index in [9.17, 15) is 18.0 Å². The molecule has 0 heterocycles. The zero-order valence-corrected chi connectivity index (χ0v) is 18.0. The van der Waals surface area contributed by atoms with Crippen LogP contribution in [0.3, 0.4) is 0 Å². The lowest BCUT2D eigenvalue weighted by Crippen LogP contribution is -2.48. The molecule has 0 aliphatic rings. The van der Waals surface area contributed by atoms with Gasteiger partial charge < -0.3 is 10.6 Å². The normalized spacial score (nSPS) is 12.4. The number of hydrogen-bond acceptors (Lipinski definition) is 4. The first-order chi connectivity index (χ1) is 13.7. The summed E-state index contributed by atoms with van der Waals surface area (Å²) in [4.78, 5) is 25.2. The number of carbonyl (C=O) groups excluding carboxylic acids is 2. The van der Waals surface area contributed by atoms with Gasteiger partial charge in [0.05, 0.1) is 10.6 Å². The second-order valence-corrected chi connectivity index (χ2v) is 9.63. The minimum Gasteiger partial charge on any atom is -0.353 e. The summed E-state index contributed by atoms with van der Waals surface area (Å²) in [6, 6.07) is 13.7. The van der Waals surface area contributed by atoms with E-state index in [2.05, 4.69) is 10.6 Å². The molecule has 0 spiro atoms. The van der Waals surface area contributed by atoms with Crippen LogP contribution in [-0.4, -0.2) is 38.6 Å². The Bertz CT molecular complexity index is 929. The summed E-state index contributed by atoms with van der Waals surface area (Å²) in [6.07, 6.45) is 0.427. The van der Waals surface area contributed by atoms with Gasteiger partial charge in [0.25, 0.3) is 5.91 Å². The van der Waals surface area contributed by atoms with Crippen molar-refractivity contribution < 1.29 is 18.0 Å². The number of rotatable bonds is 9. The van der Waals surface area contributed by atoms with Gasteiger partial charge in [0.2, 0.25) is 5.91 Å². The number of nitrogens with one attached hydrogen (secondary N) is 2. The van der Waals surface area contributed by atoms with Crippen molar-refractivity contribution in [2.75, 3.05) is 12.3 Å². The lowest BCUT2D eigenvalue weighted by Gasteiger charge is -2.20. The molecular weight excluding hydrogens is 412 g/mol. The van der Waals surface area contributed by atoms with Crippen LogP contribution in [0, 0.1) is 5.92 Å². The van der Waals surface area contributed by atoms with Crippen LogP contribution in [0.2, 0.25) is 5.02 Å². The molecule has 2 amide bonds. The molecule has 1 unspecified atom stereocenters. The van der Waals surface area contributed by atoms with E-state index in [1.165, 1.54) is 12.1 Å². The molecule has 0 saturated heterocycles. The summed E-state index contributed by atoms with van der Waals surface area (Å²) in [7, 11) is -3.49. The summed E-state index contributed by atoms with van der Waals surface area (Å²) >= 11 is 5.83. The highest BCUT2D eigenvalue weighted by Crippen LogP contribution is 2.12. The average Bonchev–Trinajstić information content (AvgIpc) is 2.68. The SMILES string of the molecule is CC(C)CC(NC(=O)c1ccc(Cl)cc1)C(=O)NCCS(=O)(=O)c1ccccc1. The van der Waals surface area contributed by atoms with Crippen LogP contribution in [-0.2, 0) is 14.6 Å². The molecule has 0 fully saturated rings. The van der Waals surface area contributed by atoms with Gasteiger partial charge >= 0.3 is 0 Å². The van der Waals surface area contributed by atoms with Crippen LogP contribution in [0.25, 0.3) is 0 Å². The summed E-state index contributed by atoms with van der Waals surface area (Å²) in [5, 5.41) is 5.86. The maximum atomic E-state index is 12.6. The highest BCUT2D eigenvalue weighted by atomic mass is 35.5. The van der Waals surface area contributed by atoms with Gasteiger partial charge in [-0.3, -0.25) is 9.59 Å². The fourth-order valence-corrected chi connectivity index (χ4v) is 4.03. The van der Waals surface area contributed by atoms with Gasteiger partial charge in [-0.15, -0.1) is 0 Å². The molecule has 6 nitrogen and oxygen atoms in total. The maximum absolute atomic E-state index is 12.6. The maximum Gasteiger partial charge on any atom is 0.251 e. The van der Waals surface area contributed by atoms with Crippen molar-refractivity contribution in [3.05, 3.63) is 65.2 Å². The van der Waals surface area contributed by atoms with E-state index >= 15 is 0 Å². The third-order valence-electron chi connectivity index (χ3n) is 4.21. The Balaban J connectivity index is 1.97. The lowest BCUT2D eigenvalue weighted by molar-refractivity contribution is -0.123. The lowest BCUT2D eigenvalue weighted by atomic mass is 10.0. The second kappa shape index (κ2) is 10.4. The van der Waals surface area contributed by atoms with E-state index < -0.39 is 21.8 Å². The molecule has 0 aliphatic heterocycles. The predicted octanol–water partition coefficient (Wildman–Crippen LogP) is 3.07. The number of amides is 2. The Morgan fingerprint density at radius 3 is 2.21 bits per heavy atom. The van der Waals surface area contributed by atoms with Crippen molar-refractivity contribution in [3.63, 3.8) is 0 Å². The Kier molecular flexibility index (Phi) is 8.22. The molecule has 0 radical (unpaired) electrons. The van der Waals surface area contributed by atoms with Crippen molar-refractivity contribution >= 4 is 33.3 Å². The van der Waals surface area contributed by atoms with Crippen LogP contribution in [0.15, 0.2) is 59.5 Å². The standard InChI is InChI=1S/C21H25ClN2O4S/c1-15(2)14-19(24-20(25)16-8-10-17(22)11-9-16)21(26)23-12-13-29(27,28)18-6-4-3-5-7-18/h3-11,15,19H,12-14H2,1-2H3,(H,23,26)(H,24,25). The second-order valence-electron chi connectivity index (χ2n) is 7.09. The Morgan fingerprint density at radius 1 is 1.00 bits per heavy atom. The number of sulfone groups is 1. The van der Waals surface area contributed by atoms with Gasteiger partial charge in [-0.1, -0.05) is 43.6 Å². The summed E-state index contributed by atoms with van der Waals surface area (Å²) in [5.74, 6) is -0.865. The van der Waals surface area contributed by atoms with Crippen LogP contribution in [0.5, 0.6) is 0 Å². The smallest absolute Gasteiger partial charge is 0.251 e. The minimum atomic E-state index is -3.49. The molecule has 2 aromatic rings. The highest BCUT2D eigenvalue weighted by Gasteiger charge is 2.23. The summed E-state index contributed by atoms with van der Waals surface area (Å²) < 4.78 is 24.6. The van der Waals surface area contributed by atoms with E-state index in [0.29, 0.717) is 17.0 Å². The number of hydrogen-bond donors (Lipinski definition) is 2. The van der Waals surface area contributed by atoms with Gasteiger partial charge in [0, 0.05) is 17.1 Å². The van der Waals surface area contributed by atoms with Gasteiger partial charge in [-0.05, 0) is 48.7 Å². The predicted molar refractivity (Wildman–Crippen MR) is 114 cm³/mol. The van der Waals surface area contributed by atoms with Crippen molar-refractivity contribution in [1.29, 1.82) is 0 Å². The molecule has 2 aromatic carbocycles. The number of halogens is 1. The van der Waals surface area contributed by atoms with Crippen LogP contribution < -0.4 is 10.6 Å². The van der Waals surface area contributed by atoms with E-state index in [-0.39, 0.29) is 29.0 Å². The van der Waals surface area contributed by atoms with Crippen LogP contribution >= 0.6 is 11.6 Å². The van der Waals surface area contributed by atoms with Gasteiger partial charge in [-0.2, -0.15) is 0 Å². The molecule has 0 aliphatic carbocycles. The van der Waals surface area contributed by atoms with Crippen molar-refractivity contribution in [3.8, 4) is 0 Å². The zero-order chi connectivity index (χ0) is 21.4. The molecule has 8 heteroatoms. The largest absolute Gasteiger partial charge is 0.353 e. The van der Waals surface area contributed by atoms with E-state index in [0.717, 1.165) is 0 Å². The van der Waals surface area contributed by atoms with Crippen LogP contribution in [0.1, 0.15) is 30.6 Å². The molecular formula is C21H25ClN2O4S. The zero-order valence-electron chi connectivity index (χ0n) is 16.4.